The van der Waals surface area contributed by atoms with Crippen LogP contribution in [0.3, 0.4) is 0 Å². The molecule has 3 heterocycles. The molecule has 2 aromatic heterocycles. The van der Waals surface area contributed by atoms with E-state index < -0.39 is 11.7 Å². The summed E-state index contributed by atoms with van der Waals surface area (Å²) in [6.07, 6.45) is -1.61. The first-order valence-electron chi connectivity index (χ1n) is 14.3. The van der Waals surface area contributed by atoms with Gasteiger partial charge >= 0.3 is 6.18 Å². The molecule has 4 aromatic rings. The van der Waals surface area contributed by atoms with Gasteiger partial charge in [-0.25, -0.2) is 4.98 Å². The Hall–Kier alpha value is -4.12. The van der Waals surface area contributed by atoms with Crippen molar-refractivity contribution in [3.63, 3.8) is 0 Å². The van der Waals surface area contributed by atoms with Crippen LogP contribution in [0.4, 0.5) is 18.9 Å². The van der Waals surface area contributed by atoms with Crippen molar-refractivity contribution in [1.82, 2.24) is 19.4 Å². The number of carbonyl (C=O) groups excluding carboxylic acids is 2. The maximum Gasteiger partial charge on any atom is 0.416 e. The normalized spacial score (nSPS) is 13.8. The molecule has 1 aliphatic rings. The fourth-order valence-corrected chi connectivity index (χ4v) is 5.95. The van der Waals surface area contributed by atoms with Gasteiger partial charge in [0.1, 0.15) is 10.7 Å². The van der Waals surface area contributed by atoms with Crippen LogP contribution in [0.1, 0.15) is 56.0 Å². The number of benzene rings is 2. The molecule has 1 fully saturated rings. The largest absolute Gasteiger partial charge is 0.416 e. The maximum absolute atomic E-state index is 13.2. The summed E-state index contributed by atoms with van der Waals surface area (Å²) in [6.45, 7) is 7.27. The van der Waals surface area contributed by atoms with Gasteiger partial charge in [0.25, 0.3) is 11.8 Å². The van der Waals surface area contributed by atoms with Crippen LogP contribution >= 0.6 is 11.3 Å². The van der Waals surface area contributed by atoms with E-state index in [-0.39, 0.29) is 11.8 Å². The van der Waals surface area contributed by atoms with Crippen molar-refractivity contribution < 1.29 is 22.8 Å². The number of hydrogen-bond donors (Lipinski definition) is 0. The molecule has 2 amide bonds. The molecule has 7 nitrogen and oxygen atoms in total. The highest BCUT2D eigenvalue weighted by atomic mass is 32.1. The minimum Gasteiger partial charge on any atom is -0.368 e. The second kappa shape index (κ2) is 13.0. The molecule has 5 rings (SSSR count). The molecule has 0 N–H and O–H groups in total. The van der Waals surface area contributed by atoms with Crippen molar-refractivity contribution in [2.24, 2.45) is 0 Å². The lowest BCUT2D eigenvalue weighted by molar-refractivity contribution is -0.137. The number of piperazine rings is 1. The molecule has 0 atom stereocenters. The minimum atomic E-state index is -4.40. The summed E-state index contributed by atoms with van der Waals surface area (Å²) in [5, 5.41) is 2.53. The van der Waals surface area contributed by atoms with Gasteiger partial charge in [0.2, 0.25) is 0 Å². The highest BCUT2D eigenvalue weighted by Gasteiger charge is 2.31. The highest BCUT2D eigenvalue weighted by molar-refractivity contribution is 7.09. The Balaban J connectivity index is 1.20. The number of thiazole rings is 1. The second-order valence-electron chi connectivity index (χ2n) is 10.7. The highest BCUT2D eigenvalue weighted by Crippen LogP contribution is 2.32. The van der Waals surface area contributed by atoms with E-state index in [1.165, 1.54) is 17.4 Å². The van der Waals surface area contributed by atoms with Crippen LogP contribution in [0.25, 0.3) is 0 Å². The SMILES string of the molecule is CCCN(Cc1cccn1Cc1nc(C(=O)N2CCN(c3cccc(C(F)(F)F)c3)CC2)cs1)C(=O)c1ccc(C)cc1. The summed E-state index contributed by atoms with van der Waals surface area (Å²) < 4.78 is 41.4. The average molecular weight is 610 g/mol. The molecule has 0 bridgehead atoms. The molecular formula is C32H34F3N5O2S. The van der Waals surface area contributed by atoms with Crippen LogP contribution in [-0.2, 0) is 19.3 Å². The number of carbonyl (C=O) groups is 2. The topological polar surface area (TPSA) is 61.7 Å². The molecule has 0 radical (unpaired) electrons. The molecule has 11 heteroatoms. The zero-order valence-electron chi connectivity index (χ0n) is 24.2. The van der Waals surface area contributed by atoms with E-state index in [2.05, 4.69) is 4.98 Å². The number of aryl methyl sites for hydroxylation is 1. The van der Waals surface area contributed by atoms with Crippen molar-refractivity contribution in [2.45, 2.75) is 39.5 Å². The molecule has 0 unspecified atom stereocenters. The van der Waals surface area contributed by atoms with Gasteiger partial charge in [0.15, 0.2) is 0 Å². The van der Waals surface area contributed by atoms with Crippen LogP contribution in [-0.4, -0.2) is 63.9 Å². The molecule has 1 saturated heterocycles. The van der Waals surface area contributed by atoms with E-state index >= 15 is 0 Å². The Morgan fingerprint density at radius 2 is 1.74 bits per heavy atom. The van der Waals surface area contributed by atoms with E-state index in [9.17, 15) is 22.8 Å². The van der Waals surface area contributed by atoms with Gasteiger partial charge in [-0.1, -0.05) is 30.7 Å². The van der Waals surface area contributed by atoms with E-state index in [4.69, 9.17) is 0 Å². The summed E-state index contributed by atoms with van der Waals surface area (Å²) in [5.74, 6) is -0.193. The van der Waals surface area contributed by atoms with Crippen molar-refractivity contribution in [1.29, 1.82) is 0 Å². The zero-order chi connectivity index (χ0) is 30.6. The minimum absolute atomic E-state index is 0.00937. The molecule has 2 aromatic carbocycles. The number of amides is 2. The summed E-state index contributed by atoms with van der Waals surface area (Å²) in [4.78, 5) is 36.5. The molecule has 0 spiro atoms. The number of anilines is 1. The smallest absolute Gasteiger partial charge is 0.368 e. The molecule has 226 valence electrons. The number of nitrogens with zero attached hydrogens (tertiary/aromatic N) is 5. The van der Waals surface area contributed by atoms with Crippen LogP contribution in [0.5, 0.6) is 0 Å². The average Bonchev–Trinajstić information content (AvgIpc) is 3.66. The lowest BCUT2D eigenvalue weighted by Crippen LogP contribution is -2.49. The van der Waals surface area contributed by atoms with Gasteiger partial charge in [-0.3, -0.25) is 9.59 Å². The van der Waals surface area contributed by atoms with Gasteiger partial charge in [0.05, 0.1) is 18.7 Å². The van der Waals surface area contributed by atoms with Crippen LogP contribution < -0.4 is 4.90 Å². The number of halogens is 3. The lowest BCUT2D eigenvalue weighted by Gasteiger charge is -2.36. The van der Waals surface area contributed by atoms with Gasteiger partial charge < -0.3 is 19.3 Å². The predicted octanol–water partition coefficient (Wildman–Crippen LogP) is 6.33. The maximum atomic E-state index is 13.2. The molecule has 43 heavy (non-hydrogen) atoms. The predicted molar refractivity (Wildman–Crippen MR) is 161 cm³/mol. The van der Waals surface area contributed by atoms with Crippen molar-refractivity contribution in [3.8, 4) is 0 Å². The van der Waals surface area contributed by atoms with Gasteiger partial charge in [-0.15, -0.1) is 11.3 Å². The van der Waals surface area contributed by atoms with Gasteiger partial charge in [-0.05, 0) is 55.8 Å². The second-order valence-corrected chi connectivity index (χ2v) is 11.6. The summed E-state index contributed by atoms with van der Waals surface area (Å²) in [5.41, 5.74) is 2.92. The Morgan fingerprint density at radius 3 is 2.44 bits per heavy atom. The first-order valence-corrected chi connectivity index (χ1v) is 15.2. The van der Waals surface area contributed by atoms with Crippen LogP contribution in [0, 0.1) is 6.92 Å². The third kappa shape index (κ3) is 7.27. The Kier molecular flexibility index (Phi) is 9.19. The summed E-state index contributed by atoms with van der Waals surface area (Å²) in [7, 11) is 0. The molecule has 0 aliphatic carbocycles. The van der Waals surface area contributed by atoms with Crippen LogP contribution in [0.2, 0.25) is 0 Å². The van der Waals surface area contributed by atoms with Crippen molar-refractivity contribution in [3.05, 3.63) is 105 Å². The monoisotopic (exact) mass is 609 g/mol. The Morgan fingerprint density at radius 1 is 1.00 bits per heavy atom. The fraction of sp³-hybridized carbons (Fsp3) is 0.344. The number of hydrogen-bond acceptors (Lipinski definition) is 5. The van der Waals surface area contributed by atoms with Crippen molar-refractivity contribution in [2.75, 3.05) is 37.6 Å². The van der Waals surface area contributed by atoms with E-state index in [0.29, 0.717) is 62.8 Å². The first kappa shape index (κ1) is 30.3. The van der Waals surface area contributed by atoms with Gasteiger partial charge in [-0.2, -0.15) is 13.2 Å². The lowest BCUT2D eigenvalue weighted by atomic mass is 10.1. The third-order valence-corrected chi connectivity index (χ3v) is 8.37. The summed E-state index contributed by atoms with van der Waals surface area (Å²) in [6, 6.07) is 16.8. The molecule has 1 aliphatic heterocycles. The quantitative estimate of drug-likeness (QED) is 0.222. The third-order valence-electron chi connectivity index (χ3n) is 7.54. The van der Waals surface area contributed by atoms with Crippen LogP contribution in [0.15, 0.2) is 72.2 Å². The standard InChI is InChI=1S/C32H34F3N5O2S/c1-3-13-40(30(41)24-11-9-23(2)10-12-24)20-27-8-5-14-39(27)21-29-36-28(22-43-29)31(42)38-17-15-37(16-18-38)26-7-4-6-25(19-26)32(33,34)35/h4-12,14,19,22H,3,13,15-18,20-21H2,1-2H3. The zero-order valence-corrected chi connectivity index (χ0v) is 25.0. The fourth-order valence-electron chi connectivity index (χ4n) is 5.18. The molecule has 0 saturated carbocycles. The van der Waals surface area contributed by atoms with E-state index in [1.54, 1.807) is 16.3 Å². The number of aromatic nitrogens is 2. The number of rotatable bonds is 9. The Bertz CT molecular complexity index is 1560. The number of alkyl halides is 3. The van der Waals surface area contributed by atoms with E-state index in [1.807, 2.05) is 70.8 Å². The van der Waals surface area contributed by atoms with E-state index in [0.717, 1.165) is 34.8 Å². The summed E-state index contributed by atoms with van der Waals surface area (Å²) >= 11 is 1.41. The van der Waals surface area contributed by atoms with Crippen molar-refractivity contribution >= 4 is 28.8 Å². The first-order chi connectivity index (χ1) is 20.6. The Labute approximate surface area is 253 Å². The van der Waals surface area contributed by atoms with Gasteiger partial charge in [0, 0.05) is 61.2 Å². The molecular weight excluding hydrogens is 575 g/mol.